The van der Waals surface area contributed by atoms with Gasteiger partial charge in [-0.1, -0.05) is 30.3 Å². The molecule has 3 rings (SSSR count). The number of hydrogen-bond acceptors (Lipinski definition) is 5. The molecule has 37 heavy (non-hydrogen) atoms. The highest BCUT2D eigenvalue weighted by Crippen LogP contribution is 2.32. The van der Waals surface area contributed by atoms with E-state index in [1.54, 1.807) is 0 Å². The summed E-state index contributed by atoms with van der Waals surface area (Å²) in [6.07, 6.45) is -0.439. The van der Waals surface area contributed by atoms with Crippen molar-refractivity contribution in [1.29, 1.82) is 4.78 Å². The van der Waals surface area contributed by atoms with E-state index in [1.165, 1.54) is 50.2 Å². The number of hydrogen-bond donors (Lipinski definition) is 2. The maximum atomic E-state index is 15.5. The second-order valence-corrected chi connectivity index (χ2v) is 11.0. The highest BCUT2D eigenvalue weighted by atomic mass is 32.2. The van der Waals surface area contributed by atoms with Crippen LogP contribution in [0.15, 0.2) is 42.5 Å². The summed E-state index contributed by atoms with van der Waals surface area (Å²) in [5.74, 6) is -2.87. The van der Waals surface area contributed by atoms with Gasteiger partial charge in [-0.2, -0.15) is 13.2 Å². The minimum Gasteiger partial charge on any atom is -0.450 e. The van der Waals surface area contributed by atoms with Crippen LogP contribution in [0.3, 0.4) is 0 Å². The number of nitrogens with one attached hydrogen (secondary N) is 2. The van der Waals surface area contributed by atoms with Crippen LogP contribution < -0.4 is 4.72 Å². The molecule has 1 amide bonds. The van der Waals surface area contributed by atoms with Crippen LogP contribution in [0.2, 0.25) is 0 Å². The van der Waals surface area contributed by atoms with Gasteiger partial charge in [0.25, 0.3) is 5.91 Å². The highest BCUT2D eigenvalue weighted by Gasteiger charge is 2.49. The topological polar surface area (TPSA) is 99.6 Å². The summed E-state index contributed by atoms with van der Waals surface area (Å²) in [4.78, 5) is 25.9. The van der Waals surface area contributed by atoms with Crippen molar-refractivity contribution in [3.63, 3.8) is 0 Å². The molecule has 1 heterocycles. The van der Waals surface area contributed by atoms with E-state index in [4.69, 9.17) is 9.52 Å². The number of rotatable bonds is 7. The van der Waals surface area contributed by atoms with Crippen LogP contribution in [-0.2, 0) is 30.7 Å². The van der Waals surface area contributed by atoms with E-state index in [0.29, 0.717) is 0 Å². The molecule has 0 saturated carbocycles. The minimum absolute atomic E-state index is 0.00652. The molecule has 1 saturated heterocycles. The lowest BCUT2D eigenvalue weighted by Gasteiger charge is -2.34. The maximum absolute atomic E-state index is 15.5. The SMILES string of the molecule is CC(=O)OC(C)(C)C(=O)N1CC[C@H](NS(=N)(=O)C(F)(F)F)[C@@H]1Cc1cccc(-c2cccc(F)c2)c1F. The largest absolute Gasteiger partial charge is 0.492 e. The molecule has 7 nitrogen and oxygen atoms in total. The molecule has 0 aliphatic carbocycles. The zero-order valence-electron chi connectivity index (χ0n) is 20.2. The molecule has 3 atom stereocenters. The fourth-order valence-electron chi connectivity index (χ4n) is 4.37. The average molecular weight is 548 g/mol. The zero-order chi connectivity index (χ0) is 27.8. The number of alkyl halides is 3. The third-order valence-corrected chi connectivity index (χ3v) is 7.29. The van der Waals surface area contributed by atoms with E-state index >= 15 is 4.39 Å². The Morgan fingerprint density at radius 1 is 1.16 bits per heavy atom. The van der Waals surface area contributed by atoms with E-state index in [2.05, 4.69) is 0 Å². The molecule has 1 unspecified atom stereocenters. The molecule has 1 aliphatic heterocycles. The van der Waals surface area contributed by atoms with Gasteiger partial charge in [-0.15, -0.1) is 0 Å². The molecule has 2 aromatic rings. The Labute approximate surface area is 211 Å². The Kier molecular flexibility index (Phi) is 7.99. The summed E-state index contributed by atoms with van der Waals surface area (Å²) in [6.45, 7) is 3.59. The van der Waals surface area contributed by atoms with Gasteiger partial charge >= 0.3 is 11.5 Å². The Bertz CT molecular complexity index is 1300. The Morgan fingerprint density at radius 2 is 1.81 bits per heavy atom. The molecule has 0 bridgehead atoms. The van der Waals surface area contributed by atoms with Gasteiger partial charge in [0, 0.05) is 25.1 Å². The Balaban J connectivity index is 2.01. The molecule has 2 N–H and O–H groups in total. The molecule has 0 radical (unpaired) electrons. The molecule has 1 aliphatic rings. The predicted octanol–water partition coefficient (Wildman–Crippen LogP) is 4.56. The molecule has 1 fully saturated rings. The van der Waals surface area contributed by atoms with E-state index < -0.39 is 56.6 Å². The van der Waals surface area contributed by atoms with Crippen LogP contribution >= 0.6 is 0 Å². The summed E-state index contributed by atoms with van der Waals surface area (Å²) >= 11 is 0. The van der Waals surface area contributed by atoms with Gasteiger partial charge in [-0.3, -0.25) is 9.59 Å². The number of halogens is 5. The molecular formula is C24H26F5N3O4S. The number of nitrogens with zero attached hydrogens (tertiary/aromatic N) is 1. The smallest absolute Gasteiger partial charge is 0.450 e. The van der Waals surface area contributed by atoms with E-state index in [-0.39, 0.29) is 36.1 Å². The summed E-state index contributed by atoms with van der Waals surface area (Å²) in [5, 5.41) is 0. The van der Waals surface area contributed by atoms with Crippen molar-refractivity contribution in [3.8, 4) is 11.1 Å². The highest BCUT2D eigenvalue weighted by molar-refractivity contribution is 7.91. The predicted molar refractivity (Wildman–Crippen MR) is 125 cm³/mol. The standard InChI is InChI=1S/C24H26F5N3O4S/c1-14(33)36-23(2,3)22(34)32-11-10-19(31-37(30,35)24(27,28)29)20(32)13-16-7-5-9-18(21(16)26)15-6-4-8-17(25)12-15/h4-9,12,19-20H,10-11,13H2,1-3H3,(H2,30,31,35)/t19-,20-,37?/m0/s1. The molecule has 0 spiro atoms. The second-order valence-electron chi connectivity index (χ2n) is 9.18. The van der Waals surface area contributed by atoms with Gasteiger partial charge in [0.2, 0.25) is 9.92 Å². The van der Waals surface area contributed by atoms with Crippen molar-refractivity contribution < 1.29 is 40.5 Å². The van der Waals surface area contributed by atoms with E-state index in [9.17, 15) is 31.4 Å². The van der Waals surface area contributed by atoms with Gasteiger partial charge in [-0.05, 0) is 49.9 Å². The third-order valence-electron chi connectivity index (χ3n) is 6.01. The van der Waals surface area contributed by atoms with Gasteiger partial charge in [0.15, 0.2) is 5.60 Å². The molecule has 13 heteroatoms. The van der Waals surface area contributed by atoms with Crippen LogP contribution in [0.1, 0.15) is 32.8 Å². The van der Waals surface area contributed by atoms with Gasteiger partial charge in [0.1, 0.15) is 11.6 Å². The number of carbonyl (C=O) groups excluding carboxylic acids is 2. The van der Waals surface area contributed by atoms with Crippen LogP contribution in [0.5, 0.6) is 0 Å². The Hall–Kier alpha value is -3.06. The first-order chi connectivity index (χ1) is 17.0. The molecule has 2 aromatic carbocycles. The average Bonchev–Trinajstić information content (AvgIpc) is 3.14. The normalized spacial score (nSPS) is 19.9. The lowest BCUT2D eigenvalue weighted by atomic mass is 9.95. The van der Waals surface area contributed by atoms with Crippen molar-refractivity contribution >= 4 is 21.8 Å². The lowest BCUT2D eigenvalue weighted by Crippen LogP contribution is -2.54. The first-order valence-electron chi connectivity index (χ1n) is 11.2. The summed E-state index contributed by atoms with van der Waals surface area (Å²) in [7, 11) is -5.28. The number of benzene rings is 2. The number of esters is 1. The van der Waals surface area contributed by atoms with Gasteiger partial charge in [0.05, 0.1) is 6.04 Å². The molecule has 0 aromatic heterocycles. The fraction of sp³-hybridized carbons (Fsp3) is 0.417. The number of likely N-dealkylation sites (tertiary alicyclic amines) is 1. The van der Waals surface area contributed by atoms with E-state index in [1.807, 2.05) is 4.72 Å². The lowest BCUT2D eigenvalue weighted by molar-refractivity contribution is -0.169. The van der Waals surface area contributed by atoms with Crippen molar-refractivity contribution in [1.82, 2.24) is 9.62 Å². The van der Waals surface area contributed by atoms with Crippen LogP contribution in [0.4, 0.5) is 22.0 Å². The number of carbonyl (C=O) groups is 2. The van der Waals surface area contributed by atoms with Crippen molar-refractivity contribution in [3.05, 3.63) is 59.7 Å². The molecular weight excluding hydrogens is 521 g/mol. The van der Waals surface area contributed by atoms with Crippen LogP contribution in [0, 0.1) is 16.4 Å². The van der Waals surface area contributed by atoms with Crippen LogP contribution in [-0.4, -0.2) is 50.7 Å². The van der Waals surface area contributed by atoms with Crippen molar-refractivity contribution in [2.45, 2.75) is 56.8 Å². The van der Waals surface area contributed by atoms with Crippen molar-refractivity contribution in [2.75, 3.05) is 6.54 Å². The summed E-state index contributed by atoms with van der Waals surface area (Å²) in [5.41, 5.74) is -6.79. The van der Waals surface area contributed by atoms with Crippen molar-refractivity contribution in [2.24, 2.45) is 0 Å². The van der Waals surface area contributed by atoms with E-state index in [0.717, 1.165) is 17.9 Å². The first-order valence-corrected chi connectivity index (χ1v) is 12.8. The second kappa shape index (κ2) is 10.4. The monoisotopic (exact) mass is 547 g/mol. The molecule has 202 valence electrons. The quantitative estimate of drug-likeness (QED) is 0.392. The van der Waals surface area contributed by atoms with Crippen LogP contribution in [0.25, 0.3) is 11.1 Å². The minimum atomic E-state index is -5.38. The maximum Gasteiger partial charge on any atom is 0.492 e. The Morgan fingerprint density at radius 3 is 2.41 bits per heavy atom. The summed E-state index contributed by atoms with van der Waals surface area (Å²) in [6, 6.07) is 6.99. The number of amides is 1. The van der Waals surface area contributed by atoms with Gasteiger partial charge < -0.3 is 9.64 Å². The first kappa shape index (κ1) is 28.5. The summed E-state index contributed by atoms with van der Waals surface area (Å²) < 4.78 is 95.2. The zero-order valence-corrected chi connectivity index (χ0v) is 21.0. The number of ether oxygens (including phenoxy) is 1. The third kappa shape index (κ3) is 6.27. The van der Waals surface area contributed by atoms with Gasteiger partial charge in [-0.25, -0.2) is 22.5 Å². The fourth-order valence-corrected chi connectivity index (χ4v) is 5.20.